The second-order valence-corrected chi connectivity index (χ2v) is 6.98. The molecule has 7 nitrogen and oxygen atoms in total. The smallest absolute Gasteiger partial charge is 0.300 e. The number of ether oxygens (including phenoxy) is 1. The Morgan fingerprint density at radius 3 is 2.62 bits per heavy atom. The van der Waals surface area contributed by atoms with Crippen LogP contribution in [-0.2, 0) is 0 Å². The molecule has 0 saturated carbocycles. The fourth-order valence-corrected chi connectivity index (χ4v) is 3.64. The molecule has 0 radical (unpaired) electrons. The van der Waals surface area contributed by atoms with Gasteiger partial charge < -0.3 is 4.74 Å². The van der Waals surface area contributed by atoms with Gasteiger partial charge in [0.1, 0.15) is 11.6 Å². The summed E-state index contributed by atoms with van der Waals surface area (Å²) in [4.78, 5) is 25.2. The van der Waals surface area contributed by atoms with E-state index >= 15 is 0 Å². The molecule has 4 aromatic rings. The maximum absolute atomic E-state index is 13.0. The van der Waals surface area contributed by atoms with Crippen molar-refractivity contribution in [3.63, 3.8) is 0 Å². The molecule has 2 aromatic heterocycles. The van der Waals surface area contributed by atoms with Crippen molar-refractivity contribution < 1.29 is 13.9 Å². The lowest BCUT2D eigenvalue weighted by atomic mass is 10.1. The van der Waals surface area contributed by atoms with E-state index in [1.165, 1.54) is 40.3 Å². The first-order chi connectivity index (χ1) is 14.1. The number of halogens is 1. The molecular weight excluding hydrogens is 395 g/mol. The van der Waals surface area contributed by atoms with Gasteiger partial charge in [0, 0.05) is 18.0 Å². The summed E-state index contributed by atoms with van der Waals surface area (Å²) in [5, 5.41) is 8.43. The Bertz CT molecular complexity index is 1250. The van der Waals surface area contributed by atoms with Gasteiger partial charge in [0.25, 0.3) is 0 Å². The van der Waals surface area contributed by atoms with Crippen LogP contribution < -0.4 is 10.3 Å². The summed E-state index contributed by atoms with van der Waals surface area (Å²) in [6.45, 7) is 0. The van der Waals surface area contributed by atoms with E-state index in [1.807, 2.05) is 6.07 Å². The predicted molar refractivity (Wildman–Crippen MR) is 107 cm³/mol. The van der Waals surface area contributed by atoms with E-state index in [2.05, 4.69) is 10.2 Å². The number of aromatic nitrogens is 4. The van der Waals surface area contributed by atoms with Crippen molar-refractivity contribution in [1.29, 1.82) is 0 Å². The van der Waals surface area contributed by atoms with E-state index in [-0.39, 0.29) is 22.7 Å². The van der Waals surface area contributed by atoms with Gasteiger partial charge >= 0.3 is 5.56 Å². The average molecular weight is 410 g/mol. The molecule has 0 N–H and O–H groups in total. The Kier molecular flexibility index (Phi) is 5.13. The standard InChI is InChI=1S/C20H15FN4O3S/c1-28-17-5-3-2-4-15(17)24-10-11-25-18(19(24)27)22-23-20(25)29-12-16(26)13-6-8-14(21)9-7-13/h2-11H,12H2,1H3. The molecular formula is C20H15FN4O3S. The number of ketones is 1. The Morgan fingerprint density at radius 2 is 1.86 bits per heavy atom. The largest absolute Gasteiger partial charge is 0.495 e. The van der Waals surface area contributed by atoms with Crippen molar-refractivity contribution >= 4 is 23.2 Å². The number of rotatable bonds is 6. The Hall–Kier alpha value is -3.46. The Labute approximate surface area is 168 Å². The number of methoxy groups -OCH3 is 1. The molecule has 0 aliphatic rings. The fraction of sp³-hybridized carbons (Fsp3) is 0.100. The van der Waals surface area contributed by atoms with Crippen LogP contribution in [0.3, 0.4) is 0 Å². The van der Waals surface area contributed by atoms with Crippen molar-refractivity contribution in [3.05, 3.63) is 82.7 Å². The third-order valence-corrected chi connectivity index (χ3v) is 5.23. The summed E-state index contributed by atoms with van der Waals surface area (Å²) >= 11 is 1.15. The molecule has 0 spiro atoms. The van der Waals surface area contributed by atoms with Gasteiger partial charge in [0.15, 0.2) is 10.9 Å². The lowest BCUT2D eigenvalue weighted by molar-refractivity contribution is 0.102. The number of hydrogen-bond donors (Lipinski definition) is 0. The van der Waals surface area contributed by atoms with Gasteiger partial charge in [0.05, 0.1) is 18.6 Å². The number of Topliss-reactive ketones (excluding diaryl/α,β-unsaturated/α-hetero) is 1. The average Bonchev–Trinajstić information content (AvgIpc) is 3.17. The highest BCUT2D eigenvalue weighted by Gasteiger charge is 2.15. The number of fused-ring (bicyclic) bond motifs is 1. The number of carbonyl (C=O) groups excluding carboxylic acids is 1. The van der Waals surface area contributed by atoms with Crippen LogP contribution in [0.15, 0.2) is 70.9 Å². The van der Waals surface area contributed by atoms with Gasteiger partial charge in [-0.2, -0.15) is 0 Å². The van der Waals surface area contributed by atoms with E-state index in [0.29, 0.717) is 22.2 Å². The van der Waals surface area contributed by atoms with Crippen LogP contribution >= 0.6 is 11.8 Å². The molecule has 146 valence electrons. The third-order valence-electron chi connectivity index (χ3n) is 4.28. The highest BCUT2D eigenvalue weighted by Crippen LogP contribution is 2.22. The van der Waals surface area contributed by atoms with Gasteiger partial charge in [0.2, 0.25) is 5.65 Å². The maximum atomic E-state index is 13.0. The molecule has 2 heterocycles. The minimum absolute atomic E-state index is 0.0853. The molecule has 29 heavy (non-hydrogen) atoms. The minimum atomic E-state index is -0.399. The topological polar surface area (TPSA) is 78.5 Å². The fourth-order valence-electron chi connectivity index (χ4n) is 2.83. The maximum Gasteiger partial charge on any atom is 0.300 e. The summed E-state index contributed by atoms with van der Waals surface area (Å²) in [6, 6.07) is 12.5. The number of hydrogen-bond acceptors (Lipinski definition) is 6. The van der Waals surface area contributed by atoms with Gasteiger partial charge in [-0.1, -0.05) is 23.9 Å². The lowest BCUT2D eigenvalue weighted by Crippen LogP contribution is -2.20. The van der Waals surface area contributed by atoms with Crippen LogP contribution in [0.2, 0.25) is 0 Å². The van der Waals surface area contributed by atoms with E-state index in [9.17, 15) is 14.0 Å². The summed E-state index contributed by atoms with van der Waals surface area (Å²) in [6.07, 6.45) is 3.26. The first-order valence-corrected chi connectivity index (χ1v) is 9.58. The summed E-state index contributed by atoms with van der Waals surface area (Å²) < 4.78 is 21.3. The second-order valence-electron chi connectivity index (χ2n) is 6.04. The van der Waals surface area contributed by atoms with Crippen molar-refractivity contribution in [3.8, 4) is 11.4 Å². The predicted octanol–water partition coefficient (Wildman–Crippen LogP) is 3.00. The number of carbonyl (C=O) groups is 1. The minimum Gasteiger partial charge on any atom is -0.495 e. The van der Waals surface area contributed by atoms with E-state index in [4.69, 9.17) is 4.74 Å². The normalized spacial score (nSPS) is 11.0. The lowest BCUT2D eigenvalue weighted by Gasteiger charge is -2.10. The number of thioether (sulfide) groups is 1. The SMILES string of the molecule is COc1ccccc1-n1ccn2c(SCC(=O)c3ccc(F)cc3)nnc2c1=O. The molecule has 0 aliphatic heterocycles. The Balaban J connectivity index is 1.61. The summed E-state index contributed by atoms with van der Waals surface area (Å²) in [7, 11) is 1.53. The molecule has 0 bridgehead atoms. The number of para-hydroxylation sites is 2. The van der Waals surface area contributed by atoms with Crippen molar-refractivity contribution in [2.75, 3.05) is 12.9 Å². The molecule has 9 heteroatoms. The van der Waals surface area contributed by atoms with E-state index < -0.39 is 5.82 Å². The third kappa shape index (κ3) is 3.64. The van der Waals surface area contributed by atoms with Gasteiger partial charge in [-0.25, -0.2) is 4.39 Å². The zero-order chi connectivity index (χ0) is 20.4. The van der Waals surface area contributed by atoms with Crippen LogP contribution in [-0.4, -0.2) is 37.8 Å². The Morgan fingerprint density at radius 1 is 1.10 bits per heavy atom. The van der Waals surface area contributed by atoms with Crippen molar-refractivity contribution in [2.24, 2.45) is 0 Å². The first kappa shape index (κ1) is 18.9. The van der Waals surface area contributed by atoms with Crippen molar-refractivity contribution in [1.82, 2.24) is 19.2 Å². The molecule has 0 saturated heterocycles. The van der Waals surface area contributed by atoms with Crippen LogP contribution in [0.5, 0.6) is 5.75 Å². The number of benzene rings is 2. The van der Waals surface area contributed by atoms with Crippen LogP contribution in [0.1, 0.15) is 10.4 Å². The monoisotopic (exact) mass is 410 g/mol. The summed E-state index contributed by atoms with van der Waals surface area (Å²) in [5.41, 5.74) is 0.772. The molecule has 0 fully saturated rings. The van der Waals surface area contributed by atoms with Gasteiger partial charge in [-0.05, 0) is 36.4 Å². The van der Waals surface area contributed by atoms with Crippen molar-refractivity contribution in [2.45, 2.75) is 5.16 Å². The van der Waals surface area contributed by atoms with Crippen LogP contribution in [0, 0.1) is 5.82 Å². The highest BCUT2D eigenvalue weighted by atomic mass is 32.2. The van der Waals surface area contributed by atoms with Gasteiger partial charge in [-0.3, -0.25) is 18.6 Å². The molecule has 2 aromatic carbocycles. The molecule has 0 amide bonds. The van der Waals surface area contributed by atoms with E-state index in [1.54, 1.807) is 30.6 Å². The summed E-state index contributed by atoms with van der Waals surface area (Å²) in [5.74, 6) is 0.0678. The zero-order valence-corrected chi connectivity index (χ0v) is 16.1. The molecule has 0 unspecified atom stereocenters. The van der Waals surface area contributed by atoms with Crippen LogP contribution in [0.25, 0.3) is 11.3 Å². The zero-order valence-electron chi connectivity index (χ0n) is 15.3. The van der Waals surface area contributed by atoms with Gasteiger partial charge in [-0.15, -0.1) is 10.2 Å². The second kappa shape index (κ2) is 7.88. The van der Waals surface area contributed by atoms with Crippen LogP contribution in [0.4, 0.5) is 4.39 Å². The molecule has 4 rings (SSSR count). The number of nitrogens with zero attached hydrogens (tertiary/aromatic N) is 4. The molecule has 0 atom stereocenters. The highest BCUT2D eigenvalue weighted by molar-refractivity contribution is 7.99. The molecule has 0 aliphatic carbocycles. The van der Waals surface area contributed by atoms with E-state index in [0.717, 1.165) is 11.8 Å². The first-order valence-electron chi connectivity index (χ1n) is 8.60. The quantitative estimate of drug-likeness (QED) is 0.359.